The lowest BCUT2D eigenvalue weighted by Crippen LogP contribution is -2.44. The molecule has 2 aromatic rings. The summed E-state index contributed by atoms with van der Waals surface area (Å²) in [5, 5.41) is 40.4. The fraction of sp³-hybridized carbons (Fsp3) is 0.600. The first-order chi connectivity index (χ1) is 9.46. The van der Waals surface area contributed by atoms with Crippen LogP contribution in [-0.4, -0.2) is 64.7 Å². The average Bonchev–Trinajstić information content (AvgIpc) is 2.92. The van der Waals surface area contributed by atoms with Gasteiger partial charge < -0.3 is 25.8 Å². The van der Waals surface area contributed by atoms with Gasteiger partial charge in [0.1, 0.15) is 17.8 Å². The second kappa shape index (κ2) is 4.31. The van der Waals surface area contributed by atoms with Gasteiger partial charge in [0.2, 0.25) is 0 Å². The summed E-state index contributed by atoms with van der Waals surface area (Å²) in [5.74, 6) is 0.102. The fourth-order valence-electron chi connectivity index (χ4n) is 2.36. The van der Waals surface area contributed by atoms with E-state index in [1.54, 1.807) is 0 Å². The SMILES string of the molecule is CC1(O)[C@@H](O)C(CO)O[C@H]1n1cnc2c(N)nnnc21. The van der Waals surface area contributed by atoms with E-state index >= 15 is 0 Å². The van der Waals surface area contributed by atoms with Crippen LogP contribution in [0.2, 0.25) is 0 Å². The van der Waals surface area contributed by atoms with Crippen molar-refractivity contribution in [3.8, 4) is 0 Å². The van der Waals surface area contributed by atoms with Crippen LogP contribution in [0.4, 0.5) is 5.82 Å². The fourth-order valence-corrected chi connectivity index (χ4v) is 2.36. The molecule has 3 rings (SSSR count). The molecule has 0 saturated carbocycles. The summed E-state index contributed by atoms with van der Waals surface area (Å²) >= 11 is 0. The molecule has 20 heavy (non-hydrogen) atoms. The number of aliphatic hydroxyl groups is 3. The van der Waals surface area contributed by atoms with Crippen LogP contribution in [0.5, 0.6) is 0 Å². The molecule has 2 aromatic heterocycles. The third-order valence-corrected chi connectivity index (χ3v) is 3.49. The number of nitrogens with two attached hydrogens (primary N) is 1. The summed E-state index contributed by atoms with van der Waals surface area (Å²) in [6.45, 7) is 0.984. The zero-order valence-electron chi connectivity index (χ0n) is 10.6. The van der Waals surface area contributed by atoms with Crippen LogP contribution in [-0.2, 0) is 4.74 Å². The molecule has 1 aliphatic rings. The minimum atomic E-state index is -1.62. The monoisotopic (exact) mass is 282 g/mol. The number of hydrogen-bond acceptors (Lipinski definition) is 9. The molecule has 108 valence electrons. The van der Waals surface area contributed by atoms with E-state index < -0.39 is 30.6 Å². The highest BCUT2D eigenvalue weighted by Crippen LogP contribution is 2.39. The highest BCUT2D eigenvalue weighted by molar-refractivity contribution is 5.80. The van der Waals surface area contributed by atoms with Gasteiger partial charge >= 0.3 is 0 Å². The number of fused-ring (bicyclic) bond motifs is 1. The highest BCUT2D eigenvalue weighted by Gasteiger charge is 2.53. The number of imidazole rings is 1. The summed E-state index contributed by atoms with van der Waals surface area (Å²) in [7, 11) is 0. The van der Waals surface area contributed by atoms with E-state index in [1.807, 2.05) is 0 Å². The molecule has 0 aliphatic carbocycles. The summed E-state index contributed by atoms with van der Waals surface area (Å²) in [4.78, 5) is 4.04. The zero-order chi connectivity index (χ0) is 14.5. The molecule has 3 heterocycles. The van der Waals surface area contributed by atoms with Crippen molar-refractivity contribution in [2.45, 2.75) is 31.0 Å². The Kier molecular flexibility index (Phi) is 2.83. The van der Waals surface area contributed by atoms with E-state index in [0.717, 1.165) is 0 Å². The quantitative estimate of drug-likeness (QED) is 0.480. The molecule has 0 bridgehead atoms. The Hall–Kier alpha value is -1.88. The smallest absolute Gasteiger partial charge is 0.190 e. The predicted molar refractivity (Wildman–Crippen MR) is 65.2 cm³/mol. The Bertz CT molecular complexity index is 644. The number of anilines is 1. The van der Waals surface area contributed by atoms with Crippen molar-refractivity contribution >= 4 is 17.0 Å². The second-order valence-corrected chi connectivity index (χ2v) is 4.88. The Morgan fingerprint density at radius 2 is 2.25 bits per heavy atom. The minimum Gasteiger partial charge on any atom is -0.394 e. The molecule has 2 unspecified atom stereocenters. The second-order valence-electron chi connectivity index (χ2n) is 4.88. The third-order valence-electron chi connectivity index (χ3n) is 3.49. The standard InChI is InChI=1S/C10H14N6O4/c1-10(19)6(18)4(2-17)20-9(10)16-3-12-5-7(11)13-15-14-8(5)16/h3-4,6,9,17-19H,2H2,1H3,(H2,11,13,14)/t4?,6-,9+,10?/m0/s1. The van der Waals surface area contributed by atoms with Gasteiger partial charge in [0, 0.05) is 0 Å². The zero-order valence-corrected chi connectivity index (χ0v) is 10.6. The predicted octanol–water partition coefficient (Wildman–Crippen LogP) is -2.19. The van der Waals surface area contributed by atoms with Gasteiger partial charge in [-0.25, -0.2) is 4.98 Å². The number of ether oxygens (including phenoxy) is 1. The maximum absolute atomic E-state index is 10.4. The Morgan fingerprint density at radius 1 is 1.50 bits per heavy atom. The highest BCUT2D eigenvalue weighted by atomic mass is 16.6. The third kappa shape index (κ3) is 1.66. The maximum Gasteiger partial charge on any atom is 0.190 e. The molecule has 0 spiro atoms. The van der Waals surface area contributed by atoms with Crippen LogP contribution in [0.1, 0.15) is 13.2 Å². The Balaban J connectivity index is 2.10. The summed E-state index contributed by atoms with van der Waals surface area (Å²) in [5.41, 5.74) is 4.60. The molecule has 0 radical (unpaired) electrons. The summed E-state index contributed by atoms with van der Waals surface area (Å²) < 4.78 is 6.88. The largest absolute Gasteiger partial charge is 0.394 e. The lowest BCUT2D eigenvalue weighted by molar-refractivity contribution is -0.0951. The Labute approximate surface area is 112 Å². The number of rotatable bonds is 2. The number of aromatic nitrogens is 5. The molecular weight excluding hydrogens is 268 g/mol. The number of nitrogen functional groups attached to an aromatic ring is 1. The molecule has 0 amide bonds. The number of aliphatic hydroxyl groups excluding tert-OH is 2. The summed E-state index contributed by atoms with van der Waals surface area (Å²) in [6, 6.07) is 0. The van der Waals surface area contributed by atoms with Crippen molar-refractivity contribution in [1.29, 1.82) is 0 Å². The Morgan fingerprint density at radius 3 is 2.90 bits per heavy atom. The van der Waals surface area contributed by atoms with Gasteiger partial charge in [-0.2, -0.15) is 0 Å². The lowest BCUT2D eigenvalue weighted by atomic mass is 9.96. The van der Waals surface area contributed by atoms with E-state index in [-0.39, 0.29) is 11.5 Å². The first kappa shape index (κ1) is 13.1. The van der Waals surface area contributed by atoms with E-state index in [0.29, 0.717) is 5.52 Å². The van der Waals surface area contributed by atoms with E-state index in [1.165, 1.54) is 17.8 Å². The number of nitrogens with zero attached hydrogens (tertiary/aromatic N) is 5. The van der Waals surface area contributed by atoms with Crippen LogP contribution < -0.4 is 5.73 Å². The molecule has 4 atom stereocenters. The van der Waals surface area contributed by atoms with Crippen molar-refractivity contribution in [2.24, 2.45) is 0 Å². The van der Waals surface area contributed by atoms with Gasteiger partial charge in [0.05, 0.1) is 12.9 Å². The van der Waals surface area contributed by atoms with Crippen molar-refractivity contribution in [1.82, 2.24) is 25.0 Å². The number of hydrogen-bond donors (Lipinski definition) is 4. The van der Waals surface area contributed by atoms with E-state index in [9.17, 15) is 10.2 Å². The molecule has 5 N–H and O–H groups in total. The normalized spacial score (nSPS) is 33.9. The van der Waals surface area contributed by atoms with E-state index in [2.05, 4.69) is 20.4 Å². The minimum absolute atomic E-state index is 0.102. The molecule has 10 nitrogen and oxygen atoms in total. The van der Waals surface area contributed by atoms with Crippen molar-refractivity contribution < 1.29 is 20.1 Å². The van der Waals surface area contributed by atoms with Crippen LogP contribution in [0.25, 0.3) is 11.2 Å². The first-order valence-electron chi connectivity index (χ1n) is 5.95. The van der Waals surface area contributed by atoms with Gasteiger partial charge in [0.25, 0.3) is 0 Å². The van der Waals surface area contributed by atoms with Crippen LogP contribution in [0.15, 0.2) is 6.33 Å². The van der Waals surface area contributed by atoms with Crippen LogP contribution >= 0.6 is 0 Å². The van der Waals surface area contributed by atoms with Gasteiger partial charge in [-0.1, -0.05) is 0 Å². The van der Waals surface area contributed by atoms with Gasteiger partial charge in [-0.15, -0.1) is 10.2 Å². The molecule has 1 fully saturated rings. The average molecular weight is 282 g/mol. The van der Waals surface area contributed by atoms with Gasteiger partial charge in [-0.3, -0.25) is 4.57 Å². The molecule has 0 aromatic carbocycles. The van der Waals surface area contributed by atoms with E-state index in [4.69, 9.17) is 15.6 Å². The van der Waals surface area contributed by atoms with Crippen molar-refractivity contribution in [2.75, 3.05) is 12.3 Å². The first-order valence-corrected chi connectivity index (χ1v) is 5.95. The van der Waals surface area contributed by atoms with Crippen LogP contribution in [0, 0.1) is 0 Å². The molecule has 10 heteroatoms. The summed E-state index contributed by atoms with van der Waals surface area (Å²) in [6.07, 6.45) is -1.76. The molecule has 1 aliphatic heterocycles. The van der Waals surface area contributed by atoms with Crippen LogP contribution in [0.3, 0.4) is 0 Å². The molecule has 1 saturated heterocycles. The molecular formula is C10H14N6O4. The van der Waals surface area contributed by atoms with Gasteiger partial charge in [-0.05, 0) is 12.1 Å². The maximum atomic E-state index is 10.4. The van der Waals surface area contributed by atoms with Crippen molar-refractivity contribution in [3.05, 3.63) is 6.33 Å². The lowest BCUT2D eigenvalue weighted by Gasteiger charge is -2.27. The van der Waals surface area contributed by atoms with Crippen molar-refractivity contribution in [3.63, 3.8) is 0 Å². The topological polar surface area (TPSA) is 152 Å². The van der Waals surface area contributed by atoms with Gasteiger partial charge in [0.15, 0.2) is 23.2 Å².